The number of rotatable bonds is 1. The number of amides is 2. The van der Waals surface area contributed by atoms with Crippen LogP contribution in [-0.2, 0) is 9.59 Å². The van der Waals surface area contributed by atoms with Gasteiger partial charge in [0.2, 0.25) is 0 Å². The SMILES string of the molecule is Cc1ccc2c(c1)NC(=O)C(C)(C(=O)N1CCSCC1)O2. The van der Waals surface area contributed by atoms with Gasteiger partial charge in [-0.05, 0) is 31.5 Å². The number of nitrogens with one attached hydrogen (secondary N) is 1. The Labute approximate surface area is 128 Å². The lowest BCUT2D eigenvalue weighted by Crippen LogP contribution is -2.60. The quantitative estimate of drug-likeness (QED) is 0.802. The number of thioether (sulfide) groups is 1. The van der Waals surface area contributed by atoms with E-state index in [1.165, 1.54) is 0 Å². The molecular weight excluding hydrogens is 288 g/mol. The van der Waals surface area contributed by atoms with Gasteiger partial charge in [-0.1, -0.05) is 6.07 Å². The zero-order chi connectivity index (χ0) is 15.0. The summed E-state index contributed by atoms with van der Waals surface area (Å²) in [4.78, 5) is 26.8. The first kappa shape index (κ1) is 14.3. The van der Waals surface area contributed by atoms with Crippen LogP contribution in [0.5, 0.6) is 5.75 Å². The van der Waals surface area contributed by atoms with Gasteiger partial charge in [0.25, 0.3) is 17.4 Å². The summed E-state index contributed by atoms with van der Waals surface area (Å²) in [7, 11) is 0. The number of benzene rings is 1. The smallest absolute Gasteiger partial charge is 0.278 e. The molecule has 112 valence electrons. The van der Waals surface area contributed by atoms with Crippen molar-refractivity contribution in [1.29, 1.82) is 0 Å². The molecule has 0 saturated carbocycles. The van der Waals surface area contributed by atoms with Crippen LogP contribution in [0.25, 0.3) is 0 Å². The Kier molecular flexibility index (Phi) is 3.57. The molecule has 2 aliphatic heterocycles. The summed E-state index contributed by atoms with van der Waals surface area (Å²) in [5.74, 6) is 1.69. The predicted molar refractivity (Wildman–Crippen MR) is 82.7 cm³/mol. The summed E-state index contributed by atoms with van der Waals surface area (Å²) >= 11 is 1.82. The highest BCUT2D eigenvalue weighted by Gasteiger charge is 2.49. The summed E-state index contributed by atoms with van der Waals surface area (Å²) in [5, 5.41) is 2.79. The molecule has 2 aliphatic rings. The fraction of sp³-hybridized carbons (Fsp3) is 0.467. The van der Waals surface area contributed by atoms with Crippen molar-refractivity contribution in [2.75, 3.05) is 29.9 Å². The van der Waals surface area contributed by atoms with Crippen molar-refractivity contribution in [3.05, 3.63) is 23.8 Å². The minimum absolute atomic E-state index is 0.258. The predicted octanol–water partition coefficient (Wildman–Crippen LogP) is 1.66. The molecule has 1 aromatic rings. The van der Waals surface area contributed by atoms with Crippen molar-refractivity contribution in [2.45, 2.75) is 19.4 Å². The van der Waals surface area contributed by atoms with E-state index in [1.807, 2.05) is 30.8 Å². The second-order valence-corrected chi connectivity index (χ2v) is 6.72. The lowest BCUT2D eigenvalue weighted by molar-refractivity contribution is -0.154. The number of anilines is 1. The maximum atomic E-state index is 12.7. The lowest BCUT2D eigenvalue weighted by atomic mass is 10.00. The molecule has 0 aromatic heterocycles. The molecule has 5 nitrogen and oxygen atoms in total. The van der Waals surface area contributed by atoms with Crippen LogP contribution in [0.4, 0.5) is 5.69 Å². The third kappa shape index (κ3) is 2.48. The van der Waals surface area contributed by atoms with Crippen molar-refractivity contribution in [1.82, 2.24) is 4.90 Å². The zero-order valence-corrected chi connectivity index (χ0v) is 13.0. The van der Waals surface area contributed by atoms with Crippen LogP contribution < -0.4 is 10.1 Å². The maximum absolute atomic E-state index is 12.7. The van der Waals surface area contributed by atoms with Gasteiger partial charge >= 0.3 is 0 Å². The molecule has 21 heavy (non-hydrogen) atoms. The minimum atomic E-state index is -1.48. The summed E-state index contributed by atoms with van der Waals surface area (Å²) in [6, 6.07) is 5.54. The second kappa shape index (κ2) is 5.26. The first-order valence-electron chi connectivity index (χ1n) is 6.99. The number of carbonyl (C=O) groups is 2. The third-order valence-electron chi connectivity index (χ3n) is 3.84. The molecule has 1 unspecified atom stereocenters. The lowest BCUT2D eigenvalue weighted by Gasteiger charge is -2.38. The van der Waals surface area contributed by atoms with Crippen LogP contribution in [0.1, 0.15) is 12.5 Å². The molecule has 1 N–H and O–H groups in total. The number of ether oxygens (including phenoxy) is 1. The Morgan fingerprint density at radius 3 is 2.81 bits per heavy atom. The van der Waals surface area contributed by atoms with Crippen molar-refractivity contribution < 1.29 is 14.3 Å². The minimum Gasteiger partial charge on any atom is -0.466 e. The van der Waals surface area contributed by atoms with Gasteiger partial charge in [0.15, 0.2) is 0 Å². The van der Waals surface area contributed by atoms with E-state index in [2.05, 4.69) is 5.32 Å². The zero-order valence-electron chi connectivity index (χ0n) is 12.1. The van der Waals surface area contributed by atoms with Gasteiger partial charge in [-0.15, -0.1) is 0 Å². The van der Waals surface area contributed by atoms with Gasteiger partial charge in [-0.25, -0.2) is 0 Å². The highest BCUT2D eigenvalue weighted by molar-refractivity contribution is 7.99. The molecule has 2 heterocycles. The maximum Gasteiger partial charge on any atom is 0.278 e. The molecule has 1 atom stereocenters. The normalized spacial score (nSPS) is 24.9. The molecule has 0 spiro atoms. The largest absolute Gasteiger partial charge is 0.466 e. The molecule has 0 radical (unpaired) electrons. The summed E-state index contributed by atoms with van der Waals surface area (Å²) in [5.41, 5.74) is 0.171. The van der Waals surface area contributed by atoms with E-state index >= 15 is 0 Å². The summed E-state index contributed by atoms with van der Waals surface area (Å²) in [6.45, 7) is 4.82. The van der Waals surface area contributed by atoms with E-state index < -0.39 is 11.5 Å². The van der Waals surface area contributed by atoms with Crippen molar-refractivity contribution >= 4 is 29.3 Å². The van der Waals surface area contributed by atoms with Crippen LogP contribution in [0.15, 0.2) is 18.2 Å². The van der Waals surface area contributed by atoms with Gasteiger partial charge in [-0.3, -0.25) is 9.59 Å². The Bertz CT molecular complexity index is 599. The third-order valence-corrected chi connectivity index (χ3v) is 4.78. The van der Waals surface area contributed by atoms with Crippen LogP contribution in [0.3, 0.4) is 0 Å². The molecule has 6 heteroatoms. The standard InChI is InChI=1S/C15H18N2O3S/c1-10-3-4-12-11(9-10)16-13(18)15(2,20-12)14(19)17-5-7-21-8-6-17/h3-4,9H,5-8H2,1-2H3,(H,16,18). The van der Waals surface area contributed by atoms with Crippen molar-refractivity contribution in [2.24, 2.45) is 0 Å². The van der Waals surface area contributed by atoms with E-state index in [0.717, 1.165) is 17.1 Å². The fourth-order valence-corrected chi connectivity index (χ4v) is 3.45. The van der Waals surface area contributed by atoms with Crippen LogP contribution in [-0.4, -0.2) is 46.9 Å². The van der Waals surface area contributed by atoms with Gasteiger partial charge in [0.1, 0.15) is 5.75 Å². The van der Waals surface area contributed by atoms with E-state index in [4.69, 9.17) is 4.74 Å². The first-order valence-corrected chi connectivity index (χ1v) is 8.14. The van der Waals surface area contributed by atoms with E-state index in [-0.39, 0.29) is 5.91 Å². The number of carbonyl (C=O) groups excluding carboxylic acids is 2. The molecule has 1 saturated heterocycles. The number of hydrogen-bond donors (Lipinski definition) is 1. The Morgan fingerprint density at radius 1 is 1.38 bits per heavy atom. The Hall–Kier alpha value is -1.69. The fourth-order valence-electron chi connectivity index (χ4n) is 2.55. The molecular formula is C15H18N2O3S. The molecule has 2 amide bonds. The van der Waals surface area contributed by atoms with E-state index in [0.29, 0.717) is 24.5 Å². The van der Waals surface area contributed by atoms with Gasteiger partial charge in [-0.2, -0.15) is 11.8 Å². The Balaban J connectivity index is 1.88. The Morgan fingerprint density at radius 2 is 2.10 bits per heavy atom. The molecule has 0 aliphatic carbocycles. The van der Waals surface area contributed by atoms with Crippen LogP contribution >= 0.6 is 11.8 Å². The molecule has 0 bridgehead atoms. The number of hydrogen-bond acceptors (Lipinski definition) is 4. The highest BCUT2D eigenvalue weighted by atomic mass is 32.2. The second-order valence-electron chi connectivity index (χ2n) is 5.49. The summed E-state index contributed by atoms with van der Waals surface area (Å²) in [6.07, 6.45) is 0. The van der Waals surface area contributed by atoms with Crippen molar-refractivity contribution in [3.63, 3.8) is 0 Å². The molecule has 1 fully saturated rings. The average Bonchev–Trinajstić information content (AvgIpc) is 2.49. The molecule has 1 aromatic carbocycles. The monoisotopic (exact) mass is 306 g/mol. The number of aryl methyl sites for hydroxylation is 1. The van der Waals surface area contributed by atoms with Crippen molar-refractivity contribution in [3.8, 4) is 5.75 Å². The van der Waals surface area contributed by atoms with Gasteiger partial charge in [0, 0.05) is 24.6 Å². The van der Waals surface area contributed by atoms with Gasteiger partial charge in [0.05, 0.1) is 5.69 Å². The average molecular weight is 306 g/mol. The highest BCUT2D eigenvalue weighted by Crippen LogP contribution is 2.35. The number of fused-ring (bicyclic) bond motifs is 1. The van der Waals surface area contributed by atoms with E-state index in [9.17, 15) is 9.59 Å². The van der Waals surface area contributed by atoms with Crippen LogP contribution in [0, 0.1) is 6.92 Å². The van der Waals surface area contributed by atoms with Crippen LogP contribution in [0.2, 0.25) is 0 Å². The first-order chi connectivity index (χ1) is 10.0. The summed E-state index contributed by atoms with van der Waals surface area (Å²) < 4.78 is 5.79. The topological polar surface area (TPSA) is 58.6 Å². The molecule has 3 rings (SSSR count). The van der Waals surface area contributed by atoms with E-state index in [1.54, 1.807) is 17.9 Å². The van der Waals surface area contributed by atoms with Gasteiger partial charge < -0.3 is 15.0 Å². The number of nitrogens with zero attached hydrogens (tertiary/aromatic N) is 1.